The highest BCUT2D eigenvalue weighted by Gasteiger charge is 2.31. The second-order valence-electron chi connectivity index (χ2n) is 4.02. The minimum absolute atomic E-state index is 0.0348. The summed E-state index contributed by atoms with van der Waals surface area (Å²) in [7, 11) is 0. The fourth-order valence-electron chi connectivity index (χ4n) is 2.01. The zero-order valence-corrected chi connectivity index (χ0v) is 10.5. The number of nitro groups is 2. The summed E-state index contributed by atoms with van der Waals surface area (Å²) in [6.07, 6.45) is 0.999. The van der Waals surface area contributed by atoms with Crippen LogP contribution in [-0.4, -0.2) is 21.3 Å². The lowest BCUT2D eigenvalue weighted by atomic mass is 9.97. The van der Waals surface area contributed by atoms with Crippen LogP contribution in [0.1, 0.15) is 5.56 Å². The molecule has 106 valence electrons. The van der Waals surface area contributed by atoms with Crippen LogP contribution in [0.3, 0.4) is 0 Å². The molecule has 2 rings (SSSR count). The van der Waals surface area contributed by atoms with E-state index < -0.39 is 21.2 Å². The summed E-state index contributed by atoms with van der Waals surface area (Å²) in [6.45, 7) is 0. The van der Waals surface area contributed by atoms with Crippen molar-refractivity contribution in [2.75, 3.05) is 0 Å². The molecule has 0 spiro atoms. The summed E-state index contributed by atoms with van der Waals surface area (Å²) in [6, 6.07) is 10.5. The molecule has 2 aromatic carbocycles. The molecule has 0 aliphatic carbocycles. The van der Waals surface area contributed by atoms with E-state index >= 15 is 0 Å². The number of nitrogens with zero attached hydrogens (tertiary/aromatic N) is 3. The molecule has 0 bridgehead atoms. The maximum absolute atomic E-state index is 11.3. The zero-order chi connectivity index (χ0) is 15.4. The average Bonchev–Trinajstić information content (AvgIpc) is 2.47. The third-order valence-corrected chi connectivity index (χ3v) is 2.83. The smallest absolute Gasteiger partial charge is 0.354 e. The van der Waals surface area contributed by atoms with Gasteiger partial charge in [-0.2, -0.15) is 0 Å². The Bertz CT molecular complexity index is 728. The van der Waals surface area contributed by atoms with Gasteiger partial charge in [0.05, 0.1) is 21.6 Å². The normalized spacial score (nSPS) is 10.7. The largest absolute Gasteiger partial charge is 0.411 e. The zero-order valence-electron chi connectivity index (χ0n) is 10.5. The molecule has 8 heteroatoms. The molecule has 0 saturated heterocycles. The van der Waals surface area contributed by atoms with E-state index in [4.69, 9.17) is 5.21 Å². The number of oxime groups is 1. The minimum Gasteiger partial charge on any atom is -0.411 e. The van der Waals surface area contributed by atoms with Crippen molar-refractivity contribution in [2.24, 2.45) is 5.16 Å². The van der Waals surface area contributed by atoms with Gasteiger partial charge in [-0.05, 0) is 11.6 Å². The number of rotatable bonds is 4. The Kier molecular flexibility index (Phi) is 3.89. The molecule has 0 amide bonds. The SMILES string of the molecule is O=[N+]([O-])c1ccc(C=NO)c(-c2ccccc2)c1[N+](=O)[O-]. The highest BCUT2D eigenvalue weighted by atomic mass is 16.6. The number of hydrogen-bond acceptors (Lipinski definition) is 6. The summed E-state index contributed by atoms with van der Waals surface area (Å²) in [5, 5.41) is 33.8. The highest BCUT2D eigenvalue weighted by molar-refractivity contribution is 5.96. The van der Waals surface area contributed by atoms with Gasteiger partial charge < -0.3 is 5.21 Å². The van der Waals surface area contributed by atoms with Crippen LogP contribution >= 0.6 is 0 Å². The van der Waals surface area contributed by atoms with E-state index in [9.17, 15) is 20.2 Å². The standard InChI is InChI=1S/C13H9N3O5/c17-14-8-10-6-7-11(15(18)19)13(16(20)21)12(10)9-4-2-1-3-5-9/h1-8,17H. The Morgan fingerprint density at radius 2 is 1.67 bits per heavy atom. The molecular weight excluding hydrogens is 278 g/mol. The molecule has 1 N–H and O–H groups in total. The van der Waals surface area contributed by atoms with Gasteiger partial charge >= 0.3 is 11.4 Å². The van der Waals surface area contributed by atoms with E-state index in [1.54, 1.807) is 30.3 Å². The fourth-order valence-corrected chi connectivity index (χ4v) is 2.01. The van der Waals surface area contributed by atoms with Crippen LogP contribution in [0.5, 0.6) is 0 Å². The van der Waals surface area contributed by atoms with Crippen molar-refractivity contribution >= 4 is 17.6 Å². The first-order chi connectivity index (χ1) is 10.1. The Labute approximate surface area is 118 Å². The number of nitro benzene ring substituents is 2. The monoisotopic (exact) mass is 287 g/mol. The fraction of sp³-hybridized carbons (Fsp3) is 0. The van der Waals surface area contributed by atoms with Crippen LogP contribution < -0.4 is 0 Å². The van der Waals surface area contributed by atoms with E-state index in [1.165, 1.54) is 6.07 Å². The van der Waals surface area contributed by atoms with Crippen molar-refractivity contribution < 1.29 is 15.1 Å². The Morgan fingerprint density at radius 3 is 2.19 bits per heavy atom. The van der Waals surface area contributed by atoms with Crippen molar-refractivity contribution in [1.29, 1.82) is 0 Å². The van der Waals surface area contributed by atoms with Crippen molar-refractivity contribution in [3.05, 3.63) is 68.3 Å². The first-order valence-corrected chi connectivity index (χ1v) is 5.75. The molecule has 0 unspecified atom stereocenters. The van der Waals surface area contributed by atoms with Crippen LogP contribution in [0, 0.1) is 20.2 Å². The van der Waals surface area contributed by atoms with Gasteiger partial charge in [-0.15, -0.1) is 0 Å². The molecule has 0 aliphatic rings. The van der Waals surface area contributed by atoms with Gasteiger partial charge in [-0.1, -0.05) is 35.5 Å². The van der Waals surface area contributed by atoms with Crippen LogP contribution in [0.2, 0.25) is 0 Å². The maximum atomic E-state index is 11.3. The third kappa shape index (κ3) is 2.68. The van der Waals surface area contributed by atoms with Crippen LogP contribution in [-0.2, 0) is 0 Å². The minimum atomic E-state index is -0.815. The summed E-state index contributed by atoms with van der Waals surface area (Å²) in [4.78, 5) is 20.6. The quantitative estimate of drug-likeness (QED) is 0.401. The van der Waals surface area contributed by atoms with E-state index in [2.05, 4.69) is 5.16 Å². The lowest BCUT2D eigenvalue weighted by molar-refractivity contribution is -0.422. The van der Waals surface area contributed by atoms with E-state index in [0.717, 1.165) is 12.3 Å². The van der Waals surface area contributed by atoms with Gasteiger partial charge in [0.15, 0.2) is 0 Å². The van der Waals surface area contributed by atoms with Gasteiger partial charge in [0.25, 0.3) is 0 Å². The lowest BCUT2D eigenvalue weighted by Crippen LogP contribution is -2.02. The molecule has 0 radical (unpaired) electrons. The maximum Gasteiger partial charge on any atom is 0.354 e. The van der Waals surface area contributed by atoms with Gasteiger partial charge in [0.2, 0.25) is 0 Å². The average molecular weight is 287 g/mol. The summed E-state index contributed by atoms with van der Waals surface area (Å²) in [5.74, 6) is 0. The van der Waals surface area contributed by atoms with Crippen LogP contribution in [0.25, 0.3) is 11.1 Å². The Balaban J connectivity index is 2.88. The molecule has 0 fully saturated rings. The number of benzene rings is 2. The van der Waals surface area contributed by atoms with Crippen molar-refractivity contribution in [3.8, 4) is 11.1 Å². The molecule has 0 aromatic heterocycles. The van der Waals surface area contributed by atoms with E-state index in [0.29, 0.717) is 5.56 Å². The molecule has 0 heterocycles. The van der Waals surface area contributed by atoms with Crippen LogP contribution in [0.4, 0.5) is 11.4 Å². The lowest BCUT2D eigenvalue weighted by Gasteiger charge is -2.07. The first kappa shape index (κ1) is 14.1. The van der Waals surface area contributed by atoms with Gasteiger partial charge in [-0.25, -0.2) is 0 Å². The Morgan fingerprint density at radius 1 is 1.00 bits per heavy atom. The second kappa shape index (κ2) is 5.78. The molecule has 2 aromatic rings. The van der Waals surface area contributed by atoms with E-state index in [1.807, 2.05) is 0 Å². The van der Waals surface area contributed by atoms with Crippen molar-refractivity contribution in [3.63, 3.8) is 0 Å². The van der Waals surface area contributed by atoms with Crippen LogP contribution in [0.15, 0.2) is 47.6 Å². The molecule has 0 atom stereocenters. The number of hydrogen-bond donors (Lipinski definition) is 1. The van der Waals surface area contributed by atoms with Crippen molar-refractivity contribution in [1.82, 2.24) is 0 Å². The molecule has 0 saturated carbocycles. The molecular formula is C13H9N3O5. The van der Waals surface area contributed by atoms with Gasteiger partial charge in [0, 0.05) is 11.6 Å². The van der Waals surface area contributed by atoms with Gasteiger partial charge in [-0.3, -0.25) is 20.2 Å². The first-order valence-electron chi connectivity index (χ1n) is 5.75. The topological polar surface area (TPSA) is 119 Å². The summed E-state index contributed by atoms with van der Waals surface area (Å²) in [5.41, 5.74) is -0.589. The highest BCUT2D eigenvalue weighted by Crippen LogP contribution is 2.39. The second-order valence-corrected chi connectivity index (χ2v) is 4.02. The summed E-state index contributed by atoms with van der Waals surface area (Å²) < 4.78 is 0. The molecule has 21 heavy (non-hydrogen) atoms. The van der Waals surface area contributed by atoms with Gasteiger partial charge in [0.1, 0.15) is 0 Å². The third-order valence-electron chi connectivity index (χ3n) is 2.83. The summed E-state index contributed by atoms with van der Waals surface area (Å²) >= 11 is 0. The van der Waals surface area contributed by atoms with E-state index in [-0.39, 0.29) is 11.1 Å². The molecule has 8 nitrogen and oxygen atoms in total. The van der Waals surface area contributed by atoms with Crippen molar-refractivity contribution in [2.45, 2.75) is 0 Å². The predicted octanol–water partition coefficient (Wildman–Crippen LogP) is 2.98. The predicted molar refractivity (Wildman–Crippen MR) is 74.6 cm³/mol. The Hall–Kier alpha value is -3.29. The molecule has 0 aliphatic heterocycles.